The Hall–Kier alpha value is -1.69. The fraction of sp³-hybridized carbons (Fsp3) is 0.182. The first kappa shape index (κ1) is 11.8. The van der Waals surface area contributed by atoms with Gasteiger partial charge >= 0.3 is 0 Å². The van der Waals surface area contributed by atoms with Gasteiger partial charge in [-0.3, -0.25) is 9.48 Å². The molecule has 6 heteroatoms. The Balaban J connectivity index is 2.15. The van der Waals surface area contributed by atoms with E-state index >= 15 is 0 Å². The van der Waals surface area contributed by atoms with Crippen LogP contribution >= 0.6 is 15.9 Å². The molecule has 2 aromatic rings. The third-order valence-electron chi connectivity index (χ3n) is 2.25. The van der Waals surface area contributed by atoms with E-state index in [9.17, 15) is 4.79 Å². The quantitative estimate of drug-likeness (QED) is 0.923. The van der Waals surface area contributed by atoms with Crippen LogP contribution in [0.2, 0.25) is 0 Å². The van der Waals surface area contributed by atoms with E-state index in [-0.39, 0.29) is 5.91 Å². The van der Waals surface area contributed by atoms with Gasteiger partial charge in [0, 0.05) is 17.2 Å². The van der Waals surface area contributed by atoms with Crippen LogP contribution in [-0.2, 0) is 7.05 Å². The van der Waals surface area contributed by atoms with E-state index in [0.29, 0.717) is 5.69 Å². The highest BCUT2D eigenvalue weighted by atomic mass is 79.9. The van der Waals surface area contributed by atoms with E-state index in [2.05, 4.69) is 31.6 Å². The summed E-state index contributed by atoms with van der Waals surface area (Å²) in [4.78, 5) is 11.8. The minimum atomic E-state index is -0.264. The number of rotatable bonds is 2. The van der Waals surface area contributed by atoms with Crippen LogP contribution < -0.4 is 5.32 Å². The fourth-order valence-electron chi connectivity index (χ4n) is 1.37. The summed E-state index contributed by atoms with van der Waals surface area (Å²) in [7, 11) is 1.72. The molecule has 2 rings (SSSR count). The molecule has 0 aliphatic rings. The molecule has 0 saturated heterocycles. The molecular formula is C11H11BrN4O. The lowest BCUT2D eigenvalue weighted by Crippen LogP contribution is -2.12. The Morgan fingerprint density at radius 2 is 2.24 bits per heavy atom. The van der Waals surface area contributed by atoms with E-state index in [1.54, 1.807) is 13.2 Å². The third-order valence-corrected chi connectivity index (χ3v) is 3.14. The molecule has 0 spiro atoms. The molecule has 0 atom stereocenters. The zero-order valence-corrected chi connectivity index (χ0v) is 11.0. The maximum atomic E-state index is 11.8. The normalized spacial score (nSPS) is 10.3. The van der Waals surface area contributed by atoms with Crippen molar-refractivity contribution in [1.82, 2.24) is 15.0 Å². The minimum absolute atomic E-state index is 0.264. The third kappa shape index (κ3) is 2.71. The van der Waals surface area contributed by atoms with Crippen molar-refractivity contribution in [2.45, 2.75) is 6.92 Å². The van der Waals surface area contributed by atoms with Gasteiger partial charge in [-0.15, -0.1) is 5.10 Å². The first-order chi connectivity index (χ1) is 8.06. The number of carbonyl (C=O) groups excluding carboxylic acids is 1. The van der Waals surface area contributed by atoms with Gasteiger partial charge in [0.05, 0.1) is 6.20 Å². The van der Waals surface area contributed by atoms with Crippen molar-refractivity contribution in [2.24, 2.45) is 7.05 Å². The molecule has 1 aromatic carbocycles. The first-order valence-electron chi connectivity index (χ1n) is 5.00. The van der Waals surface area contributed by atoms with Crippen LogP contribution in [-0.4, -0.2) is 20.9 Å². The van der Waals surface area contributed by atoms with Gasteiger partial charge in [0.25, 0.3) is 5.91 Å². The van der Waals surface area contributed by atoms with Gasteiger partial charge in [-0.05, 0) is 30.7 Å². The Morgan fingerprint density at radius 1 is 1.47 bits per heavy atom. The van der Waals surface area contributed by atoms with Crippen LogP contribution in [0.4, 0.5) is 5.69 Å². The van der Waals surface area contributed by atoms with Gasteiger partial charge in [0.2, 0.25) is 0 Å². The van der Waals surface area contributed by atoms with E-state index in [0.717, 1.165) is 15.7 Å². The predicted octanol–water partition coefficient (Wildman–Crippen LogP) is 2.14. The second-order valence-electron chi connectivity index (χ2n) is 3.70. The number of aryl methyl sites for hydroxylation is 2. The maximum Gasteiger partial charge on any atom is 0.277 e. The second-order valence-corrected chi connectivity index (χ2v) is 4.55. The first-order valence-corrected chi connectivity index (χ1v) is 5.79. The van der Waals surface area contributed by atoms with Crippen molar-refractivity contribution in [3.05, 3.63) is 40.1 Å². The van der Waals surface area contributed by atoms with E-state index < -0.39 is 0 Å². The Bertz CT molecular complexity index is 564. The highest BCUT2D eigenvalue weighted by Gasteiger charge is 2.10. The molecular weight excluding hydrogens is 284 g/mol. The molecule has 0 saturated carbocycles. The van der Waals surface area contributed by atoms with Crippen molar-refractivity contribution in [3.8, 4) is 0 Å². The Labute approximate surface area is 107 Å². The highest BCUT2D eigenvalue weighted by Crippen LogP contribution is 2.20. The number of anilines is 1. The molecule has 0 radical (unpaired) electrons. The number of amides is 1. The summed E-state index contributed by atoms with van der Waals surface area (Å²) in [6.45, 7) is 1.96. The SMILES string of the molecule is Cc1cc(NC(=O)c2cn(C)nn2)ccc1Br. The number of nitrogens with one attached hydrogen (secondary N) is 1. The largest absolute Gasteiger partial charge is 0.321 e. The van der Waals surface area contributed by atoms with Gasteiger partial charge in [-0.25, -0.2) is 0 Å². The number of nitrogens with zero attached hydrogens (tertiary/aromatic N) is 3. The minimum Gasteiger partial charge on any atom is -0.321 e. The number of aromatic nitrogens is 3. The summed E-state index contributed by atoms with van der Waals surface area (Å²) in [6, 6.07) is 5.60. The van der Waals surface area contributed by atoms with Crippen molar-refractivity contribution >= 4 is 27.5 Å². The molecule has 88 valence electrons. The summed E-state index contributed by atoms with van der Waals surface area (Å²) in [5.74, 6) is -0.264. The molecule has 0 unspecified atom stereocenters. The van der Waals surface area contributed by atoms with Gasteiger partial charge in [0.15, 0.2) is 5.69 Å². The topological polar surface area (TPSA) is 59.8 Å². The van der Waals surface area contributed by atoms with Crippen LogP contribution in [0.15, 0.2) is 28.9 Å². The summed E-state index contributed by atoms with van der Waals surface area (Å²) in [5, 5.41) is 10.2. The van der Waals surface area contributed by atoms with Crippen molar-refractivity contribution in [1.29, 1.82) is 0 Å². The lowest BCUT2D eigenvalue weighted by atomic mass is 10.2. The number of benzene rings is 1. The molecule has 1 aromatic heterocycles. The van der Waals surface area contributed by atoms with Gasteiger partial charge < -0.3 is 5.32 Å². The smallest absolute Gasteiger partial charge is 0.277 e. The fourth-order valence-corrected chi connectivity index (χ4v) is 1.62. The lowest BCUT2D eigenvalue weighted by Gasteiger charge is -2.05. The molecule has 17 heavy (non-hydrogen) atoms. The maximum absolute atomic E-state index is 11.8. The highest BCUT2D eigenvalue weighted by molar-refractivity contribution is 9.10. The summed E-state index contributed by atoms with van der Waals surface area (Å²) in [5.41, 5.74) is 2.09. The summed E-state index contributed by atoms with van der Waals surface area (Å²) >= 11 is 3.41. The zero-order chi connectivity index (χ0) is 12.4. The van der Waals surface area contributed by atoms with E-state index in [1.165, 1.54) is 4.68 Å². The predicted molar refractivity (Wildman–Crippen MR) is 67.8 cm³/mol. The molecule has 0 aliphatic carbocycles. The molecule has 1 N–H and O–H groups in total. The van der Waals surface area contributed by atoms with Gasteiger partial charge in [-0.1, -0.05) is 21.1 Å². The monoisotopic (exact) mass is 294 g/mol. The standard InChI is InChI=1S/C11H11BrN4O/c1-7-5-8(3-4-9(7)12)13-11(17)10-6-16(2)15-14-10/h3-6H,1-2H3,(H,13,17). The number of halogens is 1. The average molecular weight is 295 g/mol. The van der Waals surface area contributed by atoms with Gasteiger partial charge in [-0.2, -0.15) is 0 Å². The number of hydrogen-bond acceptors (Lipinski definition) is 3. The summed E-state index contributed by atoms with van der Waals surface area (Å²) in [6.07, 6.45) is 1.57. The molecule has 1 heterocycles. The Morgan fingerprint density at radius 3 is 2.82 bits per heavy atom. The van der Waals surface area contributed by atoms with Crippen LogP contribution in [0, 0.1) is 6.92 Å². The number of carbonyl (C=O) groups is 1. The molecule has 1 amide bonds. The average Bonchev–Trinajstić information content (AvgIpc) is 2.70. The van der Waals surface area contributed by atoms with E-state index in [1.807, 2.05) is 25.1 Å². The van der Waals surface area contributed by atoms with Crippen molar-refractivity contribution in [2.75, 3.05) is 5.32 Å². The number of hydrogen-bond donors (Lipinski definition) is 1. The summed E-state index contributed by atoms with van der Waals surface area (Å²) < 4.78 is 2.50. The van der Waals surface area contributed by atoms with Crippen LogP contribution in [0.5, 0.6) is 0 Å². The molecule has 0 bridgehead atoms. The lowest BCUT2D eigenvalue weighted by molar-refractivity contribution is 0.102. The Kier molecular flexibility index (Phi) is 3.23. The van der Waals surface area contributed by atoms with Crippen molar-refractivity contribution < 1.29 is 4.79 Å². The van der Waals surface area contributed by atoms with E-state index in [4.69, 9.17) is 0 Å². The molecule has 0 aliphatic heterocycles. The molecule has 5 nitrogen and oxygen atoms in total. The second kappa shape index (κ2) is 4.67. The van der Waals surface area contributed by atoms with Gasteiger partial charge in [0.1, 0.15) is 0 Å². The van der Waals surface area contributed by atoms with Crippen LogP contribution in [0.3, 0.4) is 0 Å². The van der Waals surface area contributed by atoms with Crippen LogP contribution in [0.25, 0.3) is 0 Å². The molecule has 0 fully saturated rings. The van der Waals surface area contributed by atoms with Crippen LogP contribution in [0.1, 0.15) is 16.1 Å². The zero-order valence-electron chi connectivity index (χ0n) is 9.44. The van der Waals surface area contributed by atoms with Crippen molar-refractivity contribution in [3.63, 3.8) is 0 Å².